The SMILES string of the molecule is Cc1cc(CCl)cnc1N1CC(C)C1. The molecule has 1 aliphatic rings. The molecule has 2 nitrogen and oxygen atoms in total. The van der Waals surface area contributed by atoms with Crippen LogP contribution >= 0.6 is 11.6 Å². The molecule has 0 N–H and O–H groups in total. The van der Waals surface area contributed by atoms with Gasteiger partial charge >= 0.3 is 0 Å². The Kier molecular flexibility index (Phi) is 2.64. The summed E-state index contributed by atoms with van der Waals surface area (Å²) in [5.74, 6) is 2.48. The predicted molar refractivity (Wildman–Crippen MR) is 59.9 cm³/mol. The summed E-state index contributed by atoms with van der Waals surface area (Å²) >= 11 is 5.75. The van der Waals surface area contributed by atoms with E-state index < -0.39 is 0 Å². The maximum Gasteiger partial charge on any atom is 0.131 e. The molecule has 0 saturated carbocycles. The molecule has 2 rings (SSSR count). The second-order valence-corrected chi connectivity index (χ2v) is 4.40. The fourth-order valence-electron chi connectivity index (χ4n) is 1.90. The van der Waals surface area contributed by atoms with Crippen molar-refractivity contribution in [3.05, 3.63) is 23.4 Å². The number of hydrogen-bond acceptors (Lipinski definition) is 2. The number of aryl methyl sites for hydroxylation is 1. The molecule has 1 aromatic rings. The van der Waals surface area contributed by atoms with Gasteiger partial charge in [-0.25, -0.2) is 4.98 Å². The van der Waals surface area contributed by atoms with Crippen molar-refractivity contribution in [1.29, 1.82) is 0 Å². The van der Waals surface area contributed by atoms with Crippen LogP contribution in [0.25, 0.3) is 0 Å². The molecule has 1 aliphatic heterocycles. The van der Waals surface area contributed by atoms with E-state index in [0.29, 0.717) is 5.88 Å². The molecule has 0 aromatic carbocycles. The summed E-state index contributed by atoms with van der Waals surface area (Å²) in [6.45, 7) is 6.63. The van der Waals surface area contributed by atoms with Gasteiger partial charge in [0, 0.05) is 25.2 Å². The van der Waals surface area contributed by atoms with Crippen molar-refractivity contribution in [2.24, 2.45) is 5.92 Å². The number of nitrogens with zero attached hydrogens (tertiary/aromatic N) is 2. The van der Waals surface area contributed by atoms with Gasteiger partial charge in [-0.15, -0.1) is 11.6 Å². The zero-order valence-electron chi connectivity index (χ0n) is 8.63. The van der Waals surface area contributed by atoms with Gasteiger partial charge in [0.15, 0.2) is 0 Å². The maximum absolute atomic E-state index is 5.75. The van der Waals surface area contributed by atoms with E-state index in [1.54, 1.807) is 0 Å². The lowest BCUT2D eigenvalue weighted by molar-refractivity contribution is 0.442. The van der Waals surface area contributed by atoms with E-state index in [-0.39, 0.29) is 0 Å². The first-order valence-electron chi connectivity index (χ1n) is 4.97. The maximum atomic E-state index is 5.75. The number of rotatable bonds is 2. The molecule has 3 heteroatoms. The van der Waals surface area contributed by atoms with Crippen LogP contribution in [0.1, 0.15) is 18.1 Å². The first kappa shape index (κ1) is 9.78. The first-order valence-corrected chi connectivity index (χ1v) is 5.50. The molecule has 1 saturated heterocycles. The van der Waals surface area contributed by atoms with Crippen LogP contribution in [0.3, 0.4) is 0 Å². The fraction of sp³-hybridized carbons (Fsp3) is 0.545. The lowest BCUT2D eigenvalue weighted by Crippen LogP contribution is -2.45. The molecule has 14 heavy (non-hydrogen) atoms. The van der Waals surface area contributed by atoms with E-state index in [1.807, 2.05) is 6.20 Å². The van der Waals surface area contributed by atoms with Crippen molar-refractivity contribution in [3.63, 3.8) is 0 Å². The molecule has 76 valence electrons. The highest BCUT2D eigenvalue weighted by molar-refractivity contribution is 6.17. The van der Waals surface area contributed by atoms with Gasteiger partial charge in [-0.3, -0.25) is 0 Å². The molecular formula is C11H15ClN2. The lowest BCUT2D eigenvalue weighted by Gasteiger charge is -2.39. The molecular weight excluding hydrogens is 196 g/mol. The second kappa shape index (κ2) is 3.77. The van der Waals surface area contributed by atoms with Gasteiger partial charge in [0.1, 0.15) is 5.82 Å². The van der Waals surface area contributed by atoms with Crippen LogP contribution in [0.5, 0.6) is 0 Å². The van der Waals surface area contributed by atoms with Gasteiger partial charge in [0.25, 0.3) is 0 Å². The van der Waals surface area contributed by atoms with Crippen molar-refractivity contribution >= 4 is 17.4 Å². The van der Waals surface area contributed by atoms with Crippen LogP contribution in [-0.2, 0) is 5.88 Å². The van der Waals surface area contributed by atoms with Gasteiger partial charge in [0.2, 0.25) is 0 Å². The Bertz CT molecular complexity index is 332. The molecule has 0 radical (unpaired) electrons. The highest BCUT2D eigenvalue weighted by atomic mass is 35.5. The van der Waals surface area contributed by atoms with Crippen LogP contribution in [0.2, 0.25) is 0 Å². The van der Waals surface area contributed by atoms with Gasteiger partial charge in [-0.2, -0.15) is 0 Å². The quantitative estimate of drug-likeness (QED) is 0.698. The zero-order valence-corrected chi connectivity index (χ0v) is 9.38. The molecule has 0 spiro atoms. The third-order valence-corrected chi connectivity index (χ3v) is 2.93. The Morgan fingerprint density at radius 2 is 2.29 bits per heavy atom. The number of anilines is 1. The Morgan fingerprint density at radius 3 is 2.79 bits per heavy atom. The van der Waals surface area contributed by atoms with Crippen LogP contribution in [0.15, 0.2) is 12.3 Å². The van der Waals surface area contributed by atoms with E-state index in [0.717, 1.165) is 30.4 Å². The monoisotopic (exact) mass is 210 g/mol. The van der Waals surface area contributed by atoms with Crippen molar-refractivity contribution in [1.82, 2.24) is 4.98 Å². The molecule has 2 heterocycles. The van der Waals surface area contributed by atoms with Crippen LogP contribution in [0.4, 0.5) is 5.82 Å². The van der Waals surface area contributed by atoms with Gasteiger partial charge in [-0.05, 0) is 30.0 Å². The van der Waals surface area contributed by atoms with Crippen molar-refractivity contribution in [2.75, 3.05) is 18.0 Å². The number of halogens is 1. The van der Waals surface area contributed by atoms with Crippen LogP contribution < -0.4 is 4.90 Å². The van der Waals surface area contributed by atoms with E-state index in [4.69, 9.17) is 11.6 Å². The molecule has 0 bridgehead atoms. The summed E-state index contributed by atoms with van der Waals surface area (Å²) in [5.41, 5.74) is 2.33. The minimum Gasteiger partial charge on any atom is -0.356 e. The van der Waals surface area contributed by atoms with E-state index in [1.165, 1.54) is 5.56 Å². The minimum absolute atomic E-state index is 0.546. The number of alkyl halides is 1. The average molecular weight is 211 g/mol. The fourth-order valence-corrected chi connectivity index (χ4v) is 2.05. The summed E-state index contributed by atoms with van der Waals surface area (Å²) in [4.78, 5) is 6.76. The lowest BCUT2D eigenvalue weighted by atomic mass is 10.0. The molecule has 0 atom stereocenters. The summed E-state index contributed by atoms with van der Waals surface area (Å²) in [6, 6.07) is 2.12. The second-order valence-electron chi connectivity index (χ2n) is 4.13. The molecule has 0 unspecified atom stereocenters. The predicted octanol–water partition coefficient (Wildman–Crippen LogP) is 2.58. The van der Waals surface area contributed by atoms with Crippen molar-refractivity contribution < 1.29 is 0 Å². The molecule has 0 amide bonds. The summed E-state index contributed by atoms with van der Waals surface area (Å²) in [5, 5.41) is 0. The van der Waals surface area contributed by atoms with Crippen molar-refractivity contribution in [2.45, 2.75) is 19.7 Å². The third-order valence-electron chi connectivity index (χ3n) is 2.63. The zero-order chi connectivity index (χ0) is 10.1. The van der Waals surface area contributed by atoms with E-state index in [2.05, 4.69) is 29.8 Å². The van der Waals surface area contributed by atoms with E-state index in [9.17, 15) is 0 Å². The first-order chi connectivity index (χ1) is 6.70. The van der Waals surface area contributed by atoms with E-state index >= 15 is 0 Å². The largest absolute Gasteiger partial charge is 0.356 e. The summed E-state index contributed by atoms with van der Waals surface area (Å²) in [7, 11) is 0. The van der Waals surface area contributed by atoms with Gasteiger partial charge in [0.05, 0.1) is 0 Å². The van der Waals surface area contributed by atoms with Gasteiger partial charge in [-0.1, -0.05) is 6.92 Å². The van der Waals surface area contributed by atoms with Crippen LogP contribution in [-0.4, -0.2) is 18.1 Å². The Labute approximate surface area is 89.9 Å². The van der Waals surface area contributed by atoms with Crippen molar-refractivity contribution in [3.8, 4) is 0 Å². The summed E-state index contributed by atoms with van der Waals surface area (Å²) in [6.07, 6.45) is 1.87. The number of aromatic nitrogens is 1. The molecule has 0 aliphatic carbocycles. The summed E-state index contributed by atoms with van der Waals surface area (Å²) < 4.78 is 0. The number of hydrogen-bond donors (Lipinski definition) is 0. The Hall–Kier alpha value is -0.760. The molecule has 1 aromatic heterocycles. The highest BCUT2D eigenvalue weighted by Gasteiger charge is 2.24. The standard InChI is InChI=1S/C11H15ClN2/c1-8-6-14(7-8)11-9(2)3-10(4-12)5-13-11/h3,5,8H,4,6-7H2,1-2H3. The number of pyridine rings is 1. The topological polar surface area (TPSA) is 16.1 Å². The smallest absolute Gasteiger partial charge is 0.131 e. The highest BCUT2D eigenvalue weighted by Crippen LogP contribution is 2.25. The molecule has 1 fully saturated rings. The van der Waals surface area contributed by atoms with Gasteiger partial charge < -0.3 is 4.90 Å². The van der Waals surface area contributed by atoms with Crippen LogP contribution in [0, 0.1) is 12.8 Å². The Morgan fingerprint density at radius 1 is 1.57 bits per heavy atom. The minimum atomic E-state index is 0.546. The normalized spacial score (nSPS) is 16.9. The third kappa shape index (κ3) is 1.71. The average Bonchev–Trinajstić information content (AvgIpc) is 2.13. The Balaban J connectivity index is 2.18.